The molecule has 0 N–H and O–H groups in total. The molecule has 3 heteroatoms. The SMILES string of the molecule is C=Cc1ccc(OCCOC(=O)/C=C/c2ccc(C3CCC(C)CC3)cc2)cc1. The Bertz CT molecular complexity index is 810. The molecule has 3 nitrogen and oxygen atoms in total. The number of carbonyl (C=O) groups is 1. The molecule has 0 bridgehead atoms. The summed E-state index contributed by atoms with van der Waals surface area (Å²) < 4.78 is 10.8. The molecule has 152 valence electrons. The van der Waals surface area contributed by atoms with E-state index in [1.54, 1.807) is 12.2 Å². The molecule has 0 saturated heterocycles. The average Bonchev–Trinajstić information content (AvgIpc) is 2.76. The van der Waals surface area contributed by atoms with Crippen molar-refractivity contribution in [2.45, 2.75) is 38.5 Å². The Morgan fingerprint density at radius 3 is 2.28 bits per heavy atom. The van der Waals surface area contributed by atoms with E-state index in [1.165, 1.54) is 37.3 Å². The highest BCUT2D eigenvalue weighted by Crippen LogP contribution is 2.35. The highest BCUT2D eigenvalue weighted by molar-refractivity contribution is 5.87. The maximum Gasteiger partial charge on any atom is 0.330 e. The number of hydrogen-bond donors (Lipinski definition) is 0. The second-order valence-electron chi connectivity index (χ2n) is 7.75. The second kappa shape index (κ2) is 10.7. The molecule has 29 heavy (non-hydrogen) atoms. The topological polar surface area (TPSA) is 35.5 Å². The Labute approximate surface area is 174 Å². The van der Waals surface area contributed by atoms with Gasteiger partial charge in [-0.2, -0.15) is 0 Å². The van der Waals surface area contributed by atoms with Gasteiger partial charge in [0.05, 0.1) is 0 Å². The Balaban J connectivity index is 1.38. The van der Waals surface area contributed by atoms with Crippen molar-refractivity contribution in [3.8, 4) is 5.75 Å². The van der Waals surface area contributed by atoms with Crippen LogP contribution < -0.4 is 4.74 Å². The number of carbonyl (C=O) groups excluding carboxylic acids is 1. The molecule has 0 radical (unpaired) electrons. The van der Waals surface area contributed by atoms with Crippen LogP contribution in [-0.2, 0) is 9.53 Å². The maximum atomic E-state index is 11.9. The lowest BCUT2D eigenvalue weighted by Gasteiger charge is -2.26. The van der Waals surface area contributed by atoms with Gasteiger partial charge in [-0.25, -0.2) is 4.79 Å². The molecule has 0 aliphatic heterocycles. The predicted molar refractivity (Wildman–Crippen MR) is 119 cm³/mol. The Kier molecular flexibility index (Phi) is 7.69. The van der Waals surface area contributed by atoms with Gasteiger partial charge in [0.15, 0.2) is 0 Å². The number of esters is 1. The smallest absolute Gasteiger partial charge is 0.330 e. The standard InChI is InChI=1S/C26H30O3/c1-3-21-8-15-25(16-9-21)28-18-19-29-26(27)17-10-22-6-13-24(14-7-22)23-11-4-20(2)5-12-23/h3,6-10,13-17,20,23H,1,4-5,11-12,18-19H2,2H3/b17-10+. The summed E-state index contributed by atoms with van der Waals surface area (Å²) in [7, 11) is 0. The summed E-state index contributed by atoms with van der Waals surface area (Å²) in [6.45, 7) is 6.60. The van der Waals surface area contributed by atoms with Crippen molar-refractivity contribution in [1.82, 2.24) is 0 Å². The third-order valence-electron chi connectivity index (χ3n) is 5.55. The van der Waals surface area contributed by atoms with Crippen molar-refractivity contribution in [1.29, 1.82) is 0 Å². The number of benzene rings is 2. The third kappa shape index (κ3) is 6.63. The molecule has 0 amide bonds. The summed E-state index contributed by atoms with van der Waals surface area (Å²) >= 11 is 0. The molecule has 0 heterocycles. The summed E-state index contributed by atoms with van der Waals surface area (Å²) in [5.74, 6) is 1.93. The van der Waals surface area contributed by atoms with Crippen LogP contribution in [0.25, 0.3) is 12.2 Å². The minimum atomic E-state index is -0.360. The van der Waals surface area contributed by atoms with Gasteiger partial charge in [0.1, 0.15) is 19.0 Å². The highest BCUT2D eigenvalue weighted by Gasteiger charge is 2.19. The van der Waals surface area contributed by atoms with Crippen LogP contribution in [0.3, 0.4) is 0 Å². The number of ether oxygens (including phenoxy) is 2. The Morgan fingerprint density at radius 2 is 1.62 bits per heavy atom. The van der Waals surface area contributed by atoms with Crippen molar-refractivity contribution in [2.24, 2.45) is 5.92 Å². The van der Waals surface area contributed by atoms with Crippen LogP contribution in [0.15, 0.2) is 61.2 Å². The first-order valence-electron chi connectivity index (χ1n) is 10.4. The van der Waals surface area contributed by atoms with Crippen molar-refractivity contribution in [3.05, 3.63) is 77.9 Å². The molecule has 2 aromatic rings. The number of hydrogen-bond acceptors (Lipinski definition) is 3. The molecular formula is C26H30O3. The molecule has 3 rings (SSSR count). The monoisotopic (exact) mass is 390 g/mol. The fraction of sp³-hybridized carbons (Fsp3) is 0.346. The van der Waals surface area contributed by atoms with E-state index in [0.29, 0.717) is 12.5 Å². The van der Waals surface area contributed by atoms with Gasteiger partial charge >= 0.3 is 5.97 Å². The van der Waals surface area contributed by atoms with Gasteiger partial charge in [0.25, 0.3) is 0 Å². The van der Waals surface area contributed by atoms with Gasteiger partial charge < -0.3 is 9.47 Å². The van der Waals surface area contributed by atoms with E-state index in [0.717, 1.165) is 22.8 Å². The van der Waals surface area contributed by atoms with Gasteiger partial charge in [-0.3, -0.25) is 0 Å². The fourth-order valence-corrected chi connectivity index (χ4v) is 3.69. The number of rotatable bonds is 8. The average molecular weight is 391 g/mol. The van der Waals surface area contributed by atoms with Gasteiger partial charge in [-0.15, -0.1) is 0 Å². The van der Waals surface area contributed by atoms with Crippen LogP contribution >= 0.6 is 0 Å². The highest BCUT2D eigenvalue weighted by atomic mass is 16.6. The molecule has 0 spiro atoms. The van der Waals surface area contributed by atoms with Gasteiger partial charge in [0.2, 0.25) is 0 Å². The van der Waals surface area contributed by atoms with Gasteiger partial charge in [-0.1, -0.05) is 68.8 Å². The maximum absolute atomic E-state index is 11.9. The normalized spacial score (nSPS) is 19.1. The fourth-order valence-electron chi connectivity index (χ4n) is 3.69. The second-order valence-corrected chi connectivity index (χ2v) is 7.75. The quantitative estimate of drug-likeness (QED) is 0.303. The minimum Gasteiger partial charge on any atom is -0.490 e. The summed E-state index contributed by atoms with van der Waals surface area (Å²) in [6, 6.07) is 16.1. The Hall–Kier alpha value is -2.81. The first-order valence-corrected chi connectivity index (χ1v) is 10.4. The van der Waals surface area contributed by atoms with E-state index < -0.39 is 0 Å². The largest absolute Gasteiger partial charge is 0.490 e. The van der Waals surface area contributed by atoms with Crippen LogP contribution in [-0.4, -0.2) is 19.2 Å². The first-order chi connectivity index (χ1) is 14.1. The lowest BCUT2D eigenvalue weighted by molar-refractivity contribution is -0.138. The van der Waals surface area contributed by atoms with Crippen molar-refractivity contribution >= 4 is 18.1 Å². The summed E-state index contributed by atoms with van der Waals surface area (Å²) in [4.78, 5) is 11.9. The zero-order valence-electron chi connectivity index (χ0n) is 17.2. The summed E-state index contributed by atoms with van der Waals surface area (Å²) in [5, 5.41) is 0. The zero-order chi connectivity index (χ0) is 20.5. The van der Waals surface area contributed by atoms with Crippen molar-refractivity contribution in [2.75, 3.05) is 13.2 Å². The minimum absolute atomic E-state index is 0.214. The van der Waals surface area contributed by atoms with Crippen LogP contribution in [0.4, 0.5) is 0 Å². The molecule has 0 atom stereocenters. The molecular weight excluding hydrogens is 360 g/mol. The van der Waals surface area contributed by atoms with Crippen LogP contribution in [0.2, 0.25) is 0 Å². The summed E-state index contributed by atoms with van der Waals surface area (Å²) in [5.41, 5.74) is 3.46. The van der Waals surface area contributed by atoms with E-state index in [2.05, 4.69) is 37.8 Å². The first kappa shape index (κ1) is 20.9. The Morgan fingerprint density at radius 1 is 0.966 bits per heavy atom. The van der Waals surface area contributed by atoms with E-state index in [1.807, 2.05) is 24.3 Å². The molecule has 1 fully saturated rings. The van der Waals surface area contributed by atoms with Crippen LogP contribution in [0, 0.1) is 5.92 Å². The van der Waals surface area contributed by atoms with Crippen molar-refractivity contribution in [3.63, 3.8) is 0 Å². The lowest BCUT2D eigenvalue weighted by Crippen LogP contribution is -2.10. The van der Waals surface area contributed by atoms with Gasteiger partial charge in [0, 0.05) is 6.08 Å². The zero-order valence-corrected chi connectivity index (χ0v) is 17.2. The molecule has 2 aromatic carbocycles. The summed E-state index contributed by atoms with van der Waals surface area (Å²) in [6.07, 6.45) is 10.2. The van der Waals surface area contributed by atoms with Crippen molar-refractivity contribution < 1.29 is 14.3 Å². The predicted octanol–water partition coefficient (Wildman–Crippen LogP) is 6.26. The lowest BCUT2D eigenvalue weighted by atomic mass is 9.79. The molecule has 1 aliphatic rings. The third-order valence-corrected chi connectivity index (χ3v) is 5.55. The van der Waals surface area contributed by atoms with Crippen LogP contribution in [0.5, 0.6) is 5.75 Å². The van der Waals surface area contributed by atoms with E-state index in [4.69, 9.17) is 9.47 Å². The van der Waals surface area contributed by atoms with Crippen LogP contribution in [0.1, 0.15) is 55.2 Å². The molecule has 1 aliphatic carbocycles. The van der Waals surface area contributed by atoms with E-state index >= 15 is 0 Å². The van der Waals surface area contributed by atoms with Gasteiger partial charge in [-0.05, 0) is 59.6 Å². The van der Waals surface area contributed by atoms with E-state index in [-0.39, 0.29) is 12.6 Å². The van der Waals surface area contributed by atoms with E-state index in [9.17, 15) is 4.79 Å². The molecule has 0 unspecified atom stereocenters. The molecule has 1 saturated carbocycles. The molecule has 0 aromatic heterocycles.